The minimum atomic E-state index is -2.63. The van der Waals surface area contributed by atoms with Crippen LogP contribution in [0.15, 0.2) is 23.0 Å². The molecule has 1 fully saturated rings. The molecular formula is C24H31F2N3O2. The van der Waals surface area contributed by atoms with Gasteiger partial charge in [-0.05, 0) is 45.1 Å². The van der Waals surface area contributed by atoms with E-state index in [9.17, 15) is 13.9 Å². The van der Waals surface area contributed by atoms with Gasteiger partial charge in [-0.2, -0.15) is 0 Å². The molecule has 5 nitrogen and oxygen atoms in total. The lowest BCUT2D eigenvalue weighted by molar-refractivity contribution is -0.101. The Balaban J connectivity index is 1.83. The zero-order valence-corrected chi connectivity index (χ0v) is 18.7. The van der Waals surface area contributed by atoms with Crippen LogP contribution in [0.2, 0.25) is 0 Å². The quantitative estimate of drug-likeness (QED) is 0.516. The van der Waals surface area contributed by atoms with Gasteiger partial charge in [-0.15, -0.1) is 0 Å². The molecule has 0 radical (unpaired) electrons. The summed E-state index contributed by atoms with van der Waals surface area (Å²) in [5.74, 6) is -2.11. The number of hydrogen-bond donors (Lipinski definition) is 1. The van der Waals surface area contributed by atoms with Crippen molar-refractivity contribution in [2.45, 2.75) is 77.2 Å². The Morgan fingerprint density at radius 1 is 1.29 bits per heavy atom. The van der Waals surface area contributed by atoms with E-state index in [-0.39, 0.29) is 18.8 Å². The second-order valence-electron chi connectivity index (χ2n) is 9.11. The molecule has 0 aliphatic heterocycles. The molecule has 0 bridgehead atoms. The van der Waals surface area contributed by atoms with Crippen molar-refractivity contribution in [1.29, 1.82) is 0 Å². The van der Waals surface area contributed by atoms with Crippen LogP contribution in [0.1, 0.15) is 68.9 Å². The fourth-order valence-corrected chi connectivity index (χ4v) is 5.16. The number of halogens is 2. The van der Waals surface area contributed by atoms with Crippen LogP contribution in [0, 0.1) is 19.8 Å². The van der Waals surface area contributed by atoms with Crippen molar-refractivity contribution in [3.8, 4) is 11.1 Å². The van der Waals surface area contributed by atoms with Crippen LogP contribution in [-0.4, -0.2) is 25.7 Å². The first-order valence-electron chi connectivity index (χ1n) is 11.2. The monoisotopic (exact) mass is 431 g/mol. The molecule has 31 heavy (non-hydrogen) atoms. The van der Waals surface area contributed by atoms with Crippen molar-refractivity contribution in [2.24, 2.45) is 13.0 Å². The molecule has 0 spiro atoms. The van der Waals surface area contributed by atoms with Crippen molar-refractivity contribution in [1.82, 2.24) is 14.7 Å². The third kappa shape index (κ3) is 3.88. The number of aliphatic hydroxyl groups is 1. The van der Waals surface area contributed by atoms with Gasteiger partial charge in [0.2, 0.25) is 5.92 Å². The van der Waals surface area contributed by atoms with E-state index in [4.69, 9.17) is 4.52 Å². The molecular weight excluding hydrogens is 400 g/mol. The third-order valence-corrected chi connectivity index (χ3v) is 6.91. The first kappa shape index (κ1) is 21.9. The average Bonchev–Trinajstić information content (AvgIpc) is 3.24. The highest BCUT2D eigenvalue weighted by atomic mass is 19.3. The summed E-state index contributed by atoms with van der Waals surface area (Å²) in [7, 11) is 1.91. The lowest BCUT2D eigenvalue weighted by atomic mass is 9.70. The summed E-state index contributed by atoms with van der Waals surface area (Å²) in [5.41, 5.74) is 2.96. The van der Waals surface area contributed by atoms with Gasteiger partial charge in [0.25, 0.3) is 0 Å². The highest BCUT2D eigenvalue weighted by molar-refractivity contribution is 5.86. The molecule has 0 amide bonds. The highest BCUT2D eigenvalue weighted by Gasteiger charge is 2.45. The molecule has 3 aromatic rings. The van der Waals surface area contributed by atoms with Crippen molar-refractivity contribution >= 4 is 11.0 Å². The van der Waals surface area contributed by atoms with E-state index < -0.39 is 11.5 Å². The smallest absolute Gasteiger partial charge is 0.248 e. The van der Waals surface area contributed by atoms with E-state index in [0.717, 1.165) is 46.3 Å². The van der Waals surface area contributed by atoms with Crippen LogP contribution in [0.4, 0.5) is 8.78 Å². The molecule has 1 saturated carbocycles. The van der Waals surface area contributed by atoms with Gasteiger partial charge in [-0.3, -0.25) is 0 Å². The van der Waals surface area contributed by atoms with E-state index in [1.807, 2.05) is 37.7 Å². The number of nitrogens with zero attached hydrogens (tertiary/aromatic N) is 3. The summed E-state index contributed by atoms with van der Waals surface area (Å²) in [6, 6.07) is 2.03. The van der Waals surface area contributed by atoms with Gasteiger partial charge in [-0.1, -0.05) is 24.9 Å². The third-order valence-electron chi connectivity index (χ3n) is 6.91. The standard InChI is InChI=1S/C24H31F2N3O2/c1-5-6-9-24(30,18-7-10-23(25,26)11-8-18)20-14-29(4)22-19(20)12-17(13-27-22)21-15(2)28-31-16(21)3/h12-14,18,30H,5-11H2,1-4H3. The molecule has 3 aromatic heterocycles. The Morgan fingerprint density at radius 2 is 2.00 bits per heavy atom. The van der Waals surface area contributed by atoms with Crippen LogP contribution in [0.5, 0.6) is 0 Å². The number of aryl methyl sites for hydroxylation is 3. The van der Waals surface area contributed by atoms with E-state index in [1.54, 1.807) is 6.20 Å². The fourth-order valence-electron chi connectivity index (χ4n) is 5.16. The summed E-state index contributed by atoms with van der Waals surface area (Å²) in [5, 5.41) is 16.9. The van der Waals surface area contributed by atoms with E-state index in [2.05, 4.69) is 17.1 Å². The number of hydrogen-bond acceptors (Lipinski definition) is 4. The molecule has 168 valence electrons. The second-order valence-corrected chi connectivity index (χ2v) is 9.11. The predicted molar refractivity (Wildman–Crippen MR) is 116 cm³/mol. The maximum absolute atomic E-state index is 13.9. The van der Waals surface area contributed by atoms with Gasteiger partial charge in [0, 0.05) is 54.4 Å². The van der Waals surface area contributed by atoms with E-state index in [0.29, 0.717) is 25.0 Å². The van der Waals surface area contributed by atoms with E-state index >= 15 is 0 Å². The Labute approximate surface area is 181 Å². The summed E-state index contributed by atoms with van der Waals surface area (Å²) in [6.07, 6.45) is 6.34. The van der Waals surface area contributed by atoms with Gasteiger partial charge >= 0.3 is 0 Å². The number of unbranched alkanes of at least 4 members (excludes halogenated alkanes) is 1. The van der Waals surface area contributed by atoms with Gasteiger partial charge < -0.3 is 14.2 Å². The molecule has 7 heteroatoms. The maximum Gasteiger partial charge on any atom is 0.248 e. The van der Waals surface area contributed by atoms with Crippen LogP contribution in [0.25, 0.3) is 22.2 Å². The van der Waals surface area contributed by atoms with Gasteiger partial charge in [0.1, 0.15) is 11.4 Å². The van der Waals surface area contributed by atoms with Gasteiger partial charge in [-0.25, -0.2) is 13.8 Å². The van der Waals surface area contributed by atoms with Crippen LogP contribution >= 0.6 is 0 Å². The van der Waals surface area contributed by atoms with Crippen molar-refractivity contribution in [3.05, 3.63) is 35.5 Å². The lowest BCUT2D eigenvalue weighted by Gasteiger charge is -2.40. The molecule has 1 unspecified atom stereocenters. The lowest BCUT2D eigenvalue weighted by Crippen LogP contribution is -2.39. The topological polar surface area (TPSA) is 64.1 Å². The molecule has 1 aliphatic rings. The SMILES string of the molecule is CCCCC(O)(c1cn(C)c2ncc(-c3c(C)noc3C)cc12)C1CCC(F)(F)CC1. The predicted octanol–water partition coefficient (Wildman–Crippen LogP) is 6.05. The minimum absolute atomic E-state index is 0.167. The van der Waals surface area contributed by atoms with Crippen LogP contribution in [-0.2, 0) is 12.6 Å². The van der Waals surface area contributed by atoms with E-state index in [1.165, 1.54) is 0 Å². The molecule has 0 aromatic carbocycles. The number of pyridine rings is 1. The maximum atomic E-state index is 13.9. The Bertz CT molecular complexity index is 1060. The van der Waals surface area contributed by atoms with Crippen LogP contribution < -0.4 is 0 Å². The van der Waals surface area contributed by atoms with Gasteiger partial charge in [0.05, 0.1) is 11.3 Å². The molecule has 1 N–H and O–H groups in total. The molecule has 1 aliphatic carbocycles. The highest BCUT2D eigenvalue weighted by Crippen LogP contribution is 2.48. The van der Waals surface area contributed by atoms with Crippen molar-refractivity contribution < 1.29 is 18.4 Å². The normalized spacial score (nSPS) is 19.1. The number of fused-ring (bicyclic) bond motifs is 1. The largest absolute Gasteiger partial charge is 0.385 e. The summed E-state index contributed by atoms with van der Waals surface area (Å²) in [4.78, 5) is 4.66. The molecule has 0 saturated heterocycles. The number of alkyl halides is 2. The first-order chi connectivity index (χ1) is 14.7. The molecule has 3 heterocycles. The average molecular weight is 432 g/mol. The molecule has 1 atom stereocenters. The first-order valence-corrected chi connectivity index (χ1v) is 11.2. The second kappa shape index (κ2) is 8.01. The minimum Gasteiger partial charge on any atom is -0.385 e. The van der Waals surface area contributed by atoms with Crippen molar-refractivity contribution in [2.75, 3.05) is 0 Å². The van der Waals surface area contributed by atoms with Gasteiger partial charge in [0.15, 0.2) is 0 Å². The number of aromatic nitrogens is 3. The fraction of sp³-hybridized carbons (Fsp3) is 0.583. The summed E-state index contributed by atoms with van der Waals surface area (Å²) in [6.45, 7) is 5.84. The summed E-state index contributed by atoms with van der Waals surface area (Å²) >= 11 is 0. The number of rotatable bonds is 6. The Morgan fingerprint density at radius 3 is 2.61 bits per heavy atom. The zero-order valence-electron chi connectivity index (χ0n) is 18.7. The Hall–Kier alpha value is -2.28. The molecule has 4 rings (SSSR count). The van der Waals surface area contributed by atoms with Crippen LogP contribution in [0.3, 0.4) is 0 Å². The van der Waals surface area contributed by atoms with Crippen molar-refractivity contribution in [3.63, 3.8) is 0 Å². The summed E-state index contributed by atoms with van der Waals surface area (Å²) < 4.78 is 34.9. The Kier molecular flexibility index (Phi) is 5.66. The zero-order chi connectivity index (χ0) is 22.4.